The fourth-order valence-corrected chi connectivity index (χ4v) is 3.83. The maximum atomic E-state index is 5.97. The molecule has 0 spiro atoms. The Kier molecular flexibility index (Phi) is 4.42. The highest BCUT2D eigenvalue weighted by Gasteiger charge is 2.24. The van der Waals surface area contributed by atoms with Gasteiger partial charge in [0, 0.05) is 43.8 Å². The lowest BCUT2D eigenvalue weighted by Gasteiger charge is -2.31. The van der Waals surface area contributed by atoms with Gasteiger partial charge >= 0.3 is 0 Å². The van der Waals surface area contributed by atoms with Crippen molar-refractivity contribution in [3.05, 3.63) is 58.7 Å². The third-order valence-corrected chi connectivity index (χ3v) is 5.13. The van der Waals surface area contributed by atoms with E-state index in [1.54, 1.807) is 16.0 Å². The Bertz CT molecular complexity index is 798. The van der Waals surface area contributed by atoms with E-state index in [0.29, 0.717) is 0 Å². The predicted molar refractivity (Wildman–Crippen MR) is 94.7 cm³/mol. The average molecular weight is 340 g/mol. The summed E-state index contributed by atoms with van der Waals surface area (Å²) >= 11 is 1.67. The van der Waals surface area contributed by atoms with E-state index in [1.807, 2.05) is 19.4 Å². The van der Waals surface area contributed by atoms with Crippen molar-refractivity contribution in [3.63, 3.8) is 0 Å². The highest BCUT2D eigenvalue weighted by molar-refractivity contribution is 7.10. The topological polar surface area (TPSA) is 43.2 Å². The summed E-state index contributed by atoms with van der Waals surface area (Å²) in [7, 11) is 1.92. The van der Waals surface area contributed by atoms with E-state index in [4.69, 9.17) is 9.72 Å². The maximum Gasteiger partial charge on any atom is 0.124 e. The Balaban J connectivity index is 1.45. The number of ether oxygens (including phenoxy) is 1. The van der Waals surface area contributed by atoms with E-state index in [-0.39, 0.29) is 6.10 Å². The van der Waals surface area contributed by atoms with Gasteiger partial charge in [0.05, 0.1) is 18.5 Å². The molecule has 1 aliphatic heterocycles. The van der Waals surface area contributed by atoms with Crippen LogP contribution in [-0.2, 0) is 18.3 Å². The van der Waals surface area contributed by atoms with Crippen LogP contribution >= 0.6 is 11.3 Å². The normalized spacial score (nSPS) is 18.8. The molecule has 4 rings (SSSR count). The molecule has 1 atom stereocenters. The second-order valence-corrected chi connectivity index (χ2v) is 6.94. The molecule has 0 bridgehead atoms. The number of rotatable bonds is 4. The van der Waals surface area contributed by atoms with Crippen LogP contribution in [0.4, 0.5) is 0 Å². The van der Waals surface area contributed by atoms with Crippen LogP contribution in [0.3, 0.4) is 0 Å². The third-order valence-electron chi connectivity index (χ3n) is 4.20. The largest absolute Gasteiger partial charge is 0.368 e. The van der Waals surface area contributed by atoms with Crippen molar-refractivity contribution in [2.24, 2.45) is 7.05 Å². The first kappa shape index (κ1) is 15.5. The minimum absolute atomic E-state index is 0.0536. The molecule has 1 fully saturated rings. The number of benzene rings is 1. The molecular weight excluding hydrogens is 320 g/mol. The molecule has 3 aromatic rings. The van der Waals surface area contributed by atoms with Crippen LogP contribution in [0.25, 0.3) is 11.3 Å². The summed E-state index contributed by atoms with van der Waals surface area (Å²) in [5.41, 5.74) is 3.37. The van der Waals surface area contributed by atoms with E-state index >= 15 is 0 Å². The molecule has 0 saturated carbocycles. The minimum Gasteiger partial charge on any atom is -0.368 e. The van der Waals surface area contributed by atoms with Crippen LogP contribution in [0, 0.1) is 0 Å². The lowest BCUT2D eigenvalue weighted by atomic mass is 10.2. The summed E-state index contributed by atoms with van der Waals surface area (Å²) < 4.78 is 7.77. The van der Waals surface area contributed by atoms with Gasteiger partial charge in [-0.3, -0.25) is 9.58 Å². The Morgan fingerprint density at radius 1 is 1.29 bits per heavy atom. The summed E-state index contributed by atoms with van der Waals surface area (Å²) in [6, 6.07) is 10.6. The molecule has 3 heterocycles. The average Bonchev–Trinajstić information content (AvgIpc) is 3.25. The van der Waals surface area contributed by atoms with Crippen molar-refractivity contribution in [3.8, 4) is 11.3 Å². The maximum absolute atomic E-state index is 5.97. The van der Waals surface area contributed by atoms with Crippen LogP contribution in [0.5, 0.6) is 0 Å². The van der Waals surface area contributed by atoms with E-state index in [2.05, 4.69) is 45.7 Å². The first-order valence-corrected chi connectivity index (χ1v) is 8.98. The lowest BCUT2D eigenvalue weighted by Crippen LogP contribution is -2.37. The van der Waals surface area contributed by atoms with Gasteiger partial charge in [0.25, 0.3) is 0 Å². The molecular formula is C18H20N4OS. The number of morpholine rings is 1. The van der Waals surface area contributed by atoms with E-state index in [0.717, 1.165) is 42.5 Å². The molecule has 0 amide bonds. The SMILES string of the molecule is Cn1cc(-c2csc(C3CN(Cc4ccccc4)CCO3)n2)cn1. The molecule has 1 aromatic carbocycles. The number of hydrogen-bond acceptors (Lipinski definition) is 5. The zero-order valence-corrected chi connectivity index (χ0v) is 14.4. The monoisotopic (exact) mass is 340 g/mol. The summed E-state index contributed by atoms with van der Waals surface area (Å²) in [6.07, 6.45) is 3.89. The summed E-state index contributed by atoms with van der Waals surface area (Å²) in [5.74, 6) is 0. The van der Waals surface area contributed by atoms with Crippen molar-refractivity contribution >= 4 is 11.3 Å². The van der Waals surface area contributed by atoms with Crippen molar-refractivity contribution in [2.75, 3.05) is 19.7 Å². The van der Waals surface area contributed by atoms with E-state index in [1.165, 1.54) is 5.56 Å². The van der Waals surface area contributed by atoms with Gasteiger partial charge < -0.3 is 4.74 Å². The number of thiazole rings is 1. The Morgan fingerprint density at radius 2 is 2.17 bits per heavy atom. The Labute approximate surface area is 145 Å². The summed E-state index contributed by atoms with van der Waals surface area (Å²) in [5, 5.41) is 7.35. The molecule has 5 nitrogen and oxygen atoms in total. The van der Waals surface area contributed by atoms with Gasteiger partial charge in [0.15, 0.2) is 0 Å². The Hall–Kier alpha value is -2.02. The van der Waals surface area contributed by atoms with Gasteiger partial charge in [-0.25, -0.2) is 4.98 Å². The summed E-state index contributed by atoms with van der Waals surface area (Å²) in [6.45, 7) is 3.56. The fourth-order valence-electron chi connectivity index (χ4n) is 2.96. The highest BCUT2D eigenvalue weighted by Crippen LogP contribution is 2.29. The van der Waals surface area contributed by atoms with Crippen LogP contribution in [0.15, 0.2) is 48.1 Å². The number of nitrogens with zero attached hydrogens (tertiary/aromatic N) is 4. The number of aromatic nitrogens is 3. The molecule has 1 aliphatic rings. The predicted octanol–water partition coefficient (Wildman–Crippen LogP) is 3.12. The number of aryl methyl sites for hydroxylation is 1. The van der Waals surface area contributed by atoms with Gasteiger partial charge in [0.1, 0.15) is 11.1 Å². The molecule has 0 aliphatic carbocycles. The van der Waals surface area contributed by atoms with Crippen LogP contribution in [0.1, 0.15) is 16.7 Å². The van der Waals surface area contributed by atoms with Gasteiger partial charge in [-0.15, -0.1) is 11.3 Å². The molecule has 0 N–H and O–H groups in total. The fraction of sp³-hybridized carbons (Fsp3) is 0.333. The van der Waals surface area contributed by atoms with Crippen molar-refractivity contribution in [1.82, 2.24) is 19.7 Å². The second-order valence-electron chi connectivity index (χ2n) is 6.05. The van der Waals surface area contributed by atoms with Crippen molar-refractivity contribution in [2.45, 2.75) is 12.6 Å². The van der Waals surface area contributed by atoms with E-state index < -0.39 is 0 Å². The van der Waals surface area contributed by atoms with Crippen LogP contribution in [-0.4, -0.2) is 39.4 Å². The zero-order valence-electron chi connectivity index (χ0n) is 13.6. The molecule has 2 aromatic heterocycles. The van der Waals surface area contributed by atoms with Gasteiger partial charge in [-0.2, -0.15) is 5.10 Å². The molecule has 0 radical (unpaired) electrons. The molecule has 1 saturated heterocycles. The quantitative estimate of drug-likeness (QED) is 0.732. The van der Waals surface area contributed by atoms with Crippen molar-refractivity contribution < 1.29 is 4.74 Å². The second kappa shape index (κ2) is 6.84. The first-order chi connectivity index (χ1) is 11.8. The number of hydrogen-bond donors (Lipinski definition) is 0. The first-order valence-electron chi connectivity index (χ1n) is 8.10. The lowest BCUT2D eigenvalue weighted by molar-refractivity contribution is -0.0329. The smallest absolute Gasteiger partial charge is 0.124 e. The Morgan fingerprint density at radius 3 is 2.96 bits per heavy atom. The third kappa shape index (κ3) is 3.40. The molecule has 6 heteroatoms. The zero-order chi connectivity index (χ0) is 16.4. The van der Waals surface area contributed by atoms with Gasteiger partial charge in [0.2, 0.25) is 0 Å². The molecule has 24 heavy (non-hydrogen) atoms. The van der Waals surface area contributed by atoms with Crippen LogP contribution in [0.2, 0.25) is 0 Å². The van der Waals surface area contributed by atoms with E-state index in [9.17, 15) is 0 Å². The van der Waals surface area contributed by atoms with Gasteiger partial charge in [-0.1, -0.05) is 30.3 Å². The van der Waals surface area contributed by atoms with Crippen molar-refractivity contribution in [1.29, 1.82) is 0 Å². The highest BCUT2D eigenvalue weighted by atomic mass is 32.1. The minimum atomic E-state index is 0.0536. The molecule has 1 unspecified atom stereocenters. The molecule has 124 valence electrons. The summed E-state index contributed by atoms with van der Waals surface area (Å²) in [4.78, 5) is 7.21. The van der Waals surface area contributed by atoms with Crippen LogP contribution < -0.4 is 0 Å². The standard InChI is InChI=1S/C18H20N4OS/c1-21-11-15(9-19-21)16-13-24-18(20-16)17-12-22(7-8-23-17)10-14-5-3-2-4-6-14/h2-6,9,11,13,17H,7-8,10,12H2,1H3. The van der Waals surface area contributed by atoms with Gasteiger partial charge in [-0.05, 0) is 5.56 Å².